The fourth-order valence-corrected chi connectivity index (χ4v) is 6.24. The number of aliphatic hydroxyl groups excluding tert-OH is 1. The topological polar surface area (TPSA) is 133 Å². The molecule has 10 heteroatoms. The molecule has 9 nitrogen and oxygen atoms in total. The van der Waals surface area contributed by atoms with Crippen LogP contribution < -0.4 is 4.74 Å². The molecule has 0 bridgehead atoms. The third-order valence-electron chi connectivity index (χ3n) is 7.89. The maximum absolute atomic E-state index is 14.0. The number of phenolic OH excluding ortho intramolecular Hbond substituents is 1. The molecule has 3 N–H and O–H groups in total. The van der Waals surface area contributed by atoms with Crippen LogP contribution >= 0.6 is 0 Å². The van der Waals surface area contributed by atoms with Crippen molar-refractivity contribution in [3.8, 4) is 11.6 Å². The number of allylic oxidation sites excluding steroid dienone is 1. The van der Waals surface area contributed by atoms with E-state index in [0.717, 1.165) is 11.6 Å². The largest absolute Gasteiger partial charge is 0.508 e. The van der Waals surface area contributed by atoms with E-state index < -0.39 is 52.4 Å². The van der Waals surface area contributed by atoms with Gasteiger partial charge in [-0.1, -0.05) is 30.3 Å². The Kier molecular flexibility index (Phi) is 5.44. The van der Waals surface area contributed by atoms with E-state index in [9.17, 15) is 29.3 Å². The summed E-state index contributed by atoms with van der Waals surface area (Å²) < 4.78 is 25.4. The molecular formula is C28H25FN2O7. The second-order valence-electron chi connectivity index (χ2n) is 10.3. The maximum atomic E-state index is 14.0. The molecule has 0 spiro atoms. The maximum Gasteiger partial charge on any atom is 0.265 e. The van der Waals surface area contributed by atoms with E-state index in [4.69, 9.17) is 9.26 Å². The highest BCUT2D eigenvalue weighted by molar-refractivity contribution is 6.15. The van der Waals surface area contributed by atoms with Crippen molar-refractivity contribution < 1.29 is 38.6 Å². The Hall–Kier alpha value is -4.02. The van der Waals surface area contributed by atoms with Crippen LogP contribution in [0.15, 0.2) is 58.3 Å². The summed E-state index contributed by atoms with van der Waals surface area (Å²) in [5.74, 6) is -5.10. The van der Waals surface area contributed by atoms with E-state index in [0.29, 0.717) is 5.56 Å². The van der Waals surface area contributed by atoms with E-state index in [-0.39, 0.29) is 47.8 Å². The molecule has 38 heavy (non-hydrogen) atoms. The molecule has 3 aliphatic rings. The number of aromatic nitrogens is 1. The number of aromatic hydroxyl groups is 1. The summed E-state index contributed by atoms with van der Waals surface area (Å²) in [5, 5.41) is 37.7. The molecule has 3 aromatic rings. The van der Waals surface area contributed by atoms with Crippen LogP contribution in [-0.2, 0) is 13.0 Å². The number of halogens is 1. The van der Waals surface area contributed by atoms with Crippen molar-refractivity contribution in [3.05, 3.63) is 87.6 Å². The number of hydrogen-bond donors (Lipinski definition) is 3. The van der Waals surface area contributed by atoms with E-state index in [1.807, 2.05) is 30.3 Å². The van der Waals surface area contributed by atoms with Crippen LogP contribution in [-0.4, -0.2) is 56.6 Å². The summed E-state index contributed by atoms with van der Waals surface area (Å²) in [6.45, 7) is 0.0852. The summed E-state index contributed by atoms with van der Waals surface area (Å²) in [5.41, 5.74) is -1.74. The number of nitrogens with zero attached hydrogens (tertiary/aromatic N) is 2. The Bertz CT molecular complexity index is 1510. The molecule has 3 aliphatic carbocycles. The summed E-state index contributed by atoms with van der Waals surface area (Å²) in [7, 11) is 3.48. The predicted octanol–water partition coefficient (Wildman–Crippen LogP) is 3.52. The molecule has 0 unspecified atom stereocenters. The van der Waals surface area contributed by atoms with E-state index in [2.05, 4.69) is 5.16 Å². The number of fused-ring (bicyclic) bond motifs is 4. The van der Waals surface area contributed by atoms with Crippen LogP contribution in [0.2, 0.25) is 0 Å². The number of ketones is 2. The Morgan fingerprint density at radius 1 is 1.16 bits per heavy atom. The zero-order chi connectivity index (χ0) is 26.9. The van der Waals surface area contributed by atoms with Gasteiger partial charge >= 0.3 is 0 Å². The fourth-order valence-electron chi connectivity index (χ4n) is 6.24. The lowest BCUT2D eigenvalue weighted by atomic mass is 9.58. The average Bonchev–Trinajstić information content (AvgIpc) is 3.28. The Morgan fingerprint density at radius 2 is 1.89 bits per heavy atom. The molecule has 0 radical (unpaired) electrons. The molecule has 0 aliphatic heterocycles. The minimum atomic E-state index is -2.47. The first kappa shape index (κ1) is 24.3. The summed E-state index contributed by atoms with van der Waals surface area (Å²) in [4.78, 5) is 29.1. The van der Waals surface area contributed by atoms with Gasteiger partial charge in [-0.15, -0.1) is 0 Å². The lowest BCUT2D eigenvalue weighted by Gasteiger charge is -2.49. The first-order valence-corrected chi connectivity index (χ1v) is 12.2. The van der Waals surface area contributed by atoms with Crippen LogP contribution in [0, 0.1) is 17.7 Å². The SMILES string of the molecule is CN(C)[C@@H]1c2onc(OCc3ccccc3)c2C(=O)[C@@]2(O)C(O)=C3C(=O)c4c(O)cc(F)cc4C[C@H]3C[C@@H]12. The zero-order valence-electron chi connectivity index (χ0n) is 20.6. The van der Waals surface area contributed by atoms with Gasteiger partial charge in [0, 0.05) is 17.6 Å². The number of rotatable bonds is 4. The highest BCUT2D eigenvalue weighted by atomic mass is 19.1. The van der Waals surface area contributed by atoms with Crippen LogP contribution in [0.5, 0.6) is 11.6 Å². The monoisotopic (exact) mass is 520 g/mol. The van der Waals surface area contributed by atoms with Gasteiger partial charge in [-0.3, -0.25) is 14.5 Å². The van der Waals surface area contributed by atoms with E-state index in [1.165, 1.54) is 6.07 Å². The first-order valence-electron chi connectivity index (χ1n) is 12.2. The Morgan fingerprint density at radius 3 is 2.61 bits per heavy atom. The smallest absolute Gasteiger partial charge is 0.265 e. The second-order valence-corrected chi connectivity index (χ2v) is 10.3. The molecular weight excluding hydrogens is 495 g/mol. The summed E-state index contributed by atoms with van der Waals surface area (Å²) >= 11 is 0. The van der Waals surface area contributed by atoms with Gasteiger partial charge in [0.1, 0.15) is 29.5 Å². The summed E-state index contributed by atoms with van der Waals surface area (Å²) in [6, 6.07) is 10.5. The van der Waals surface area contributed by atoms with E-state index >= 15 is 0 Å². The number of aliphatic hydroxyl groups is 2. The van der Waals surface area contributed by atoms with Crippen molar-refractivity contribution in [2.75, 3.05) is 14.1 Å². The number of carbonyl (C=O) groups is 2. The van der Waals surface area contributed by atoms with Crippen LogP contribution in [0.25, 0.3) is 0 Å². The van der Waals surface area contributed by atoms with Gasteiger partial charge in [0.25, 0.3) is 5.88 Å². The van der Waals surface area contributed by atoms with Gasteiger partial charge < -0.3 is 24.6 Å². The number of phenols is 1. The van der Waals surface area contributed by atoms with Gasteiger partial charge in [0.15, 0.2) is 17.1 Å². The van der Waals surface area contributed by atoms with Crippen molar-refractivity contribution in [3.63, 3.8) is 0 Å². The Balaban J connectivity index is 1.47. The van der Waals surface area contributed by atoms with Gasteiger partial charge in [0.2, 0.25) is 5.78 Å². The standard InChI is InChI=1S/C28H25FN2O7/c1-31(2)22-17-10-15-8-14-9-16(29)11-18(32)19(14)23(33)20(15)25(34)28(17,36)26(35)21-24(22)38-30-27(21)37-12-13-6-4-3-5-7-13/h3-7,9,11,15,17,22,32,34,36H,8,10,12H2,1-2H3/t15-,17-,22-,28-/m0/s1. The van der Waals surface area contributed by atoms with Crippen molar-refractivity contribution in [1.29, 1.82) is 0 Å². The minimum absolute atomic E-state index is 0.0852. The number of carbonyl (C=O) groups excluding carboxylic acids is 2. The van der Waals surface area contributed by atoms with Crippen molar-refractivity contribution in [2.24, 2.45) is 11.8 Å². The molecule has 6 rings (SSSR count). The molecule has 196 valence electrons. The van der Waals surface area contributed by atoms with Crippen molar-refractivity contribution in [2.45, 2.75) is 31.1 Å². The second kappa shape index (κ2) is 8.50. The molecule has 2 aromatic carbocycles. The third kappa shape index (κ3) is 3.33. The number of Topliss-reactive ketones (excluding diaryl/α,β-unsaturated/α-hetero) is 2. The van der Waals surface area contributed by atoms with Crippen molar-refractivity contribution >= 4 is 11.6 Å². The molecule has 0 amide bonds. The van der Waals surface area contributed by atoms with Gasteiger partial charge in [-0.2, -0.15) is 0 Å². The van der Waals surface area contributed by atoms with Gasteiger partial charge in [-0.05, 0) is 55.2 Å². The molecule has 0 fully saturated rings. The highest BCUT2D eigenvalue weighted by Crippen LogP contribution is 2.56. The van der Waals surface area contributed by atoms with Crippen molar-refractivity contribution in [1.82, 2.24) is 10.1 Å². The van der Waals surface area contributed by atoms with Crippen LogP contribution in [0.4, 0.5) is 4.39 Å². The molecule has 1 heterocycles. The zero-order valence-corrected chi connectivity index (χ0v) is 20.6. The van der Waals surface area contributed by atoms with Gasteiger partial charge in [0.05, 0.1) is 11.6 Å². The molecule has 0 saturated heterocycles. The molecule has 0 saturated carbocycles. The van der Waals surface area contributed by atoms with Gasteiger partial charge in [-0.25, -0.2) is 4.39 Å². The third-order valence-corrected chi connectivity index (χ3v) is 7.89. The fraction of sp³-hybridized carbons (Fsp3) is 0.321. The lowest BCUT2D eigenvalue weighted by Crippen LogP contribution is -2.59. The lowest BCUT2D eigenvalue weighted by molar-refractivity contribution is -0.0559. The highest BCUT2D eigenvalue weighted by Gasteiger charge is 2.63. The normalized spacial score (nSPS) is 26.1. The minimum Gasteiger partial charge on any atom is -0.508 e. The predicted molar refractivity (Wildman–Crippen MR) is 130 cm³/mol. The molecule has 4 atom stereocenters. The summed E-state index contributed by atoms with van der Waals surface area (Å²) in [6.07, 6.45) is 0.259. The number of benzene rings is 2. The molecule has 1 aromatic heterocycles. The first-order chi connectivity index (χ1) is 18.1. The van der Waals surface area contributed by atoms with Crippen LogP contribution in [0.3, 0.4) is 0 Å². The number of hydrogen-bond acceptors (Lipinski definition) is 9. The average molecular weight is 521 g/mol. The van der Waals surface area contributed by atoms with E-state index in [1.54, 1.807) is 19.0 Å². The Labute approximate surface area is 216 Å². The number of ether oxygens (including phenoxy) is 1. The van der Waals surface area contributed by atoms with Crippen LogP contribution in [0.1, 0.15) is 50.1 Å². The quantitative estimate of drug-likeness (QED) is 0.473.